The maximum absolute atomic E-state index is 14.2. The zero-order valence-electron chi connectivity index (χ0n) is 17.2. The molecule has 0 spiro atoms. The van der Waals surface area contributed by atoms with Crippen LogP contribution in [0.25, 0.3) is 10.9 Å². The third-order valence-corrected chi connectivity index (χ3v) is 5.02. The van der Waals surface area contributed by atoms with Crippen LogP contribution in [0.1, 0.15) is 6.42 Å². The monoisotopic (exact) mass is 454 g/mol. The van der Waals surface area contributed by atoms with Gasteiger partial charge in [-0.15, -0.1) is 0 Å². The molecule has 0 aliphatic rings. The lowest BCUT2D eigenvalue weighted by Crippen LogP contribution is -2.07. The van der Waals surface area contributed by atoms with Crippen molar-refractivity contribution in [3.05, 3.63) is 82.2 Å². The van der Waals surface area contributed by atoms with Gasteiger partial charge in [-0.25, -0.2) is 14.4 Å². The van der Waals surface area contributed by atoms with Crippen LogP contribution in [0.3, 0.4) is 0 Å². The Balaban J connectivity index is 1.51. The maximum atomic E-state index is 14.2. The lowest BCUT2D eigenvalue weighted by Gasteiger charge is -2.14. The molecule has 4 rings (SSSR count). The number of rotatable bonds is 8. The highest BCUT2D eigenvalue weighted by Gasteiger charge is 2.13. The molecule has 0 saturated carbocycles. The highest BCUT2D eigenvalue weighted by Crippen LogP contribution is 2.35. The third-order valence-electron chi connectivity index (χ3n) is 4.78. The number of methoxy groups -OCH3 is 1. The average molecular weight is 455 g/mol. The maximum Gasteiger partial charge on any atom is 0.181 e. The second kappa shape index (κ2) is 9.65. The minimum Gasteiger partial charge on any atom is -0.493 e. The van der Waals surface area contributed by atoms with E-state index >= 15 is 0 Å². The van der Waals surface area contributed by atoms with Gasteiger partial charge in [-0.05, 0) is 30.7 Å². The summed E-state index contributed by atoms with van der Waals surface area (Å²) in [5.74, 6) is 0.996. The number of pyridine rings is 1. The van der Waals surface area contributed by atoms with Gasteiger partial charge in [0.05, 0.1) is 24.9 Å². The van der Waals surface area contributed by atoms with E-state index < -0.39 is 5.82 Å². The van der Waals surface area contributed by atoms with Gasteiger partial charge in [-0.2, -0.15) is 0 Å². The standard InChI is InChI=1S/C23H20ClFN4O3/c1-31-21-12-17-20(13-22(21)32-10-2-7-29-8-5-16(30)6-9-29)26-14-27-23(17)28-19-4-3-15(24)11-18(19)25/h3-6,8-9,11-14H,2,7,10H2,1H3,(H,26,27,28). The fourth-order valence-electron chi connectivity index (χ4n) is 3.18. The summed E-state index contributed by atoms with van der Waals surface area (Å²) >= 11 is 5.83. The Labute approximate surface area is 188 Å². The van der Waals surface area contributed by atoms with Crippen LogP contribution in [0.4, 0.5) is 15.9 Å². The Hall–Kier alpha value is -3.65. The van der Waals surface area contributed by atoms with Gasteiger partial charge in [0.2, 0.25) is 0 Å². The number of anilines is 2. The van der Waals surface area contributed by atoms with Crippen molar-refractivity contribution in [2.75, 3.05) is 19.0 Å². The largest absolute Gasteiger partial charge is 0.493 e. The summed E-state index contributed by atoms with van der Waals surface area (Å²) in [5, 5.41) is 3.94. The van der Waals surface area contributed by atoms with Crippen molar-refractivity contribution in [1.29, 1.82) is 0 Å². The highest BCUT2D eigenvalue weighted by molar-refractivity contribution is 6.30. The number of halogens is 2. The van der Waals surface area contributed by atoms with Gasteiger partial charge in [0.1, 0.15) is 18.0 Å². The van der Waals surface area contributed by atoms with E-state index in [1.165, 1.54) is 24.5 Å². The Morgan fingerprint density at radius 3 is 2.66 bits per heavy atom. The molecular formula is C23H20ClFN4O3. The van der Waals surface area contributed by atoms with Crippen LogP contribution in [-0.4, -0.2) is 28.3 Å². The first-order valence-electron chi connectivity index (χ1n) is 9.87. The number of aromatic nitrogens is 3. The second-order valence-corrected chi connectivity index (χ2v) is 7.40. The first-order chi connectivity index (χ1) is 15.5. The zero-order chi connectivity index (χ0) is 22.5. The van der Waals surface area contributed by atoms with Gasteiger partial charge >= 0.3 is 0 Å². The summed E-state index contributed by atoms with van der Waals surface area (Å²) in [6.07, 6.45) is 5.61. The predicted octanol–water partition coefficient (Wildman–Crippen LogP) is 4.81. The lowest BCUT2D eigenvalue weighted by atomic mass is 10.2. The molecule has 0 saturated heterocycles. The molecule has 32 heavy (non-hydrogen) atoms. The van der Waals surface area contributed by atoms with Gasteiger partial charge in [0.25, 0.3) is 0 Å². The topological polar surface area (TPSA) is 78.3 Å². The quantitative estimate of drug-likeness (QED) is 0.385. The molecule has 2 heterocycles. The first-order valence-corrected chi connectivity index (χ1v) is 10.2. The van der Waals surface area contributed by atoms with E-state index in [0.717, 1.165) is 6.42 Å². The number of hydrogen-bond acceptors (Lipinski definition) is 6. The zero-order valence-corrected chi connectivity index (χ0v) is 18.0. The minimum atomic E-state index is -0.487. The summed E-state index contributed by atoms with van der Waals surface area (Å²) in [6.45, 7) is 1.15. The number of ether oxygens (including phenoxy) is 2. The summed E-state index contributed by atoms with van der Waals surface area (Å²) in [6, 6.07) is 10.9. The van der Waals surface area contributed by atoms with Crippen molar-refractivity contribution in [3.63, 3.8) is 0 Å². The molecule has 164 valence electrons. The van der Waals surface area contributed by atoms with Gasteiger partial charge in [0, 0.05) is 47.5 Å². The molecule has 0 radical (unpaired) electrons. The lowest BCUT2D eigenvalue weighted by molar-refractivity contribution is 0.283. The van der Waals surface area contributed by atoms with Crippen LogP contribution in [0.2, 0.25) is 5.02 Å². The molecule has 2 aromatic carbocycles. The van der Waals surface area contributed by atoms with Crippen LogP contribution in [0.15, 0.2) is 66.0 Å². The van der Waals surface area contributed by atoms with E-state index in [2.05, 4.69) is 15.3 Å². The fraction of sp³-hybridized carbons (Fsp3) is 0.174. The van der Waals surface area contributed by atoms with E-state index in [1.54, 1.807) is 43.8 Å². The molecule has 0 aliphatic carbocycles. The summed E-state index contributed by atoms with van der Waals surface area (Å²) in [5.41, 5.74) is 0.845. The molecule has 7 nitrogen and oxygen atoms in total. The van der Waals surface area contributed by atoms with Gasteiger partial charge in [-0.1, -0.05) is 11.6 Å². The van der Waals surface area contributed by atoms with Crippen LogP contribution in [0, 0.1) is 5.82 Å². The molecule has 0 fully saturated rings. The van der Waals surface area contributed by atoms with Crippen LogP contribution in [-0.2, 0) is 6.54 Å². The predicted molar refractivity (Wildman–Crippen MR) is 122 cm³/mol. The SMILES string of the molecule is COc1cc2c(Nc3ccc(Cl)cc3F)ncnc2cc1OCCCn1ccc(=O)cc1. The Kier molecular flexibility index (Phi) is 6.51. The van der Waals surface area contributed by atoms with Crippen LogP contribution >= 0.6 is 11.6 Å². The number of aryl methyl sites for hydroxylation is 1. The molecule has 0 atom stereocenters. The molecule has 9 heteroatoms. The normalized spacial score (nSPS) is 10.8. The van der Waals surface area contributed by atoms with Crippen molar-refractivity contribution >= 4 is 34.0 Å². The van der Waals surface area contributed by atoms with E-state index in [4.69, 9.17) is 21.1 Å². The molecule has 0 aliphatic heterocycles. The second-order valence-electron chi connectivity index (χ2n) is 6.97. The van der Waals surface area contributed by atoms with Crippen LogP contribution < -0.4 is 20.2 Å². The van der Waals surface area contributed by atoms with Gasteiger partial charge in [0.15, 0.2) is 16.9 Å². The molecule has 0 unspecified atom stereocenters. The molecule has 0 bridgehead atoms. The first kappa shape index (κ1) is 21.6. The smallest absolute Gasteiger partial charge is 0.181 e. The van der Waals surface area contributed by atoms with E-state index in [1.807, 2.05) is 4.57 Å². The molecule has 2 aromatic heterocycles. The van der Waals surface area contributed by atoms with Crippen molar-refractivity contribution < 1.29 is 13.9 Å². The number of hydrogen-bond donors (Lipinski definition) is 1. The molecular weight excluding hydrogens is 435 g/mol. The fourth-order valence-corrected chi connectivity index (χ4v) is 3.34. The van der Waals surface area contributed by atoms with E-state index in [0.29, 0.717) is 46.4 Å². The van der Waals surface area contributed by atoms with Gasteiger partial charge in [-0.3, -0.25) is 4.79 Å². The number of benzene rings is 2. The van der Waals surface area contributed by atoms with Crippen molar-refractivity contribution in [3.8, 4) is 11.5 Å². The Bertz CT molecular complexity index is 1290. The van der Waals surface area contributed by atoms with E-state index in [9.17, 15) is 9.18 Å². The molecule has 0 amide bonds. The summed E-state index contributed by atoms with van der Waals surface area (Å²) in [7, 11) is 1.55. The minimum absolute atomic E-state index is 0.0203. The van der Waals surface area contributed by atoms with Gasteiger partial charge < -0.3 is 19.4 Å². The summed E-state index contributed by atoms with van der Waals surface area (Å²) < 4.78 is 27.5. The number of nitrogens with one attached hydrogen (secondary N) is 1. The third kappa shape index (κ3) is 4.97. The van der Waals surface area contributed by atoms with Crippen LogP contribution in [0.5, 0.6) is 11.5 Å². The Morgan fingerprint density at radius 2 is 1.91 bits per heavy atom. The van der Waals surface area contributed by atoms with E-state index in [-0.39, 0.29) is 11.1 Å². The molecule has 1 N–H and O–H groups in total. The number of nitrogens with zero attached hydrogens (tertiary/aromatic N) is 3. The molecule has 4 aromatic rings. The average Bonchev–Trinajstić information content (AvgIpc) is 2.79. The number of fused-ring (bicyclic) bond motifs is 1. The van der Waals surface area contributed by atoms with Crippen molar-refractivity contribution in [2.45, 2.75) is 13.0 Å². The van der Waals surface area contributed by atoms with Crippen molar-refractivity contribution in [1.82, 2.24) is 14.5 Å². The Morgan fingerprint density at radius 1 is 1.09 bits per heavy atom. The van der Waals surface area contributed by atoms with Crippen molar-refractivity contribution in [2.24, 2.45) is 0 Å². The highest BCUT2D eigenvalue weighted by atomic mass is 35.5. The summed E-state index contributed by atoms with van der Waals surface area (Å²) in [4.78, 5) is 19.7.